The summed E-state index contributed by atoms with van der Waals surface area (Å²) in [5, 5.41) is 9.90. The average Bonchev–Trinajstić information content (AvgIpc) is 2.34. The van der Waals surface area contributed by atoms with Gasteiger partial charge in [0.15, 0.2) is 0 Å². The van der Waals surface area contributed by atoms with Crippen molar-refractivity contribution >= 4 is 0 Å². The summed E-state index contributed by atoms with van der Waals surface area (Å²) in [4.78, 5) is 0. The zero-order valence-electron chi connectivity index (χ0n) is 9.78. The van der Waals surface area contributed by atoms with Gasteiger partial charge in [0.2, 0.25) is 0 Å². The Morgan fingerprint density at radius 1 is 1.31 bits per heavy atom. The van der Waals surface area contributed by atoms with Gasteiger partial charge >= 0.3 is 0 Å². The third kappa shape index (κ3) is 2.91. The number of hydrogen-bond donors (Lipinski definition) is 1. The number of benzene rings is 1. The van der Waals surface area contributed by atoms with Gasteiger partial charge in [0.25, 0.3) is 0 Å². The van der Waals surface area contributed by atoms with Gasteiger partial charge in [0.05, 0.1) is 20.3 Å². The Hall–Kier alpha value is -1.66. The lowest BCUT2D eigenvalue weighted by Crippen LogP contribution is -2.00. The first-order chi connectivity index (χ1) is 7.72. The van der Waals surface area contributed by atoms with E-state index in [1.165, 1.54) is 0 Å². The van der Waals surface area contributed by atoms with Crippen LogP contribution in [0.2, 0.25) is 0 Å². The standard InChI is InChI=1S/C13H16O3/c1-4-5-6-12(14)11-8-7-10(15-2)9-13(11)16-3/h7-9,12,14H,6H2,1-3H3. The number of methoxy groups -OCH3 is 2. The largest absolute Gasteiger partial charge is 0.497 e. The summed E-state index contributed by atoms with van der Waals surface area (Å²) < 4.78 is 10.3. The van der Waals surface area contributed by atoms with Gasteiger partial charge in [-0.2, -0.15) is 0 Å². The summed E-state index contributed by atoms with van der Waals surface area (Å²) in [5.74, 6) is 6.91. The first-order valence-electron chi connectivity index (χ1n) is 5.02. The van der Waals surface area contributed by atoms with Crippen LogP contribution in [-0.2, 0) is 0 Å². The highest BCUT2D eigenvalue weighted by molar-refractivity contribution is 5.42. The molecule has 1 N–H and O–H groups in total. The van der Waals surface area contributed by atoms with Crippen LogP contribution in [-0.4, -0.2) is 19.3 Å². The topological polar surface area (TPSA) is 38.7 Å². The number of aliphatic hydroxyl groups is 1. The lowest BCUT2D eigenvalue weighted by molar-refractivity contribution is 0.179. The third-order valence-electron chi connectivity index (χ3n) is 2.27. The van der Waals surface area contributed by atoms with E-state index < -0.39 is 6.10 Å². The van der Waals surface area contributed by atoms with Crippen LogP contribution in [0.3, 0.4) is 0 Å². The van der Waals surface area contributed by atoms with Gasteiger partial charge in [-0.05, 0) is 19.1 Å². The minimum atomic E-state index is -0.631. The Kier molecular flexibility index (Phi) is 4.68. The van der Waals surface area contributed by atoms with Crippen molar-refractivity contribution in [1.29, 1.82) is 0 Å². The molecule has 16 heavy (non-hydrogen) atoms. The quantitative estimate of drug-likeness (QED) is 0.790. The molecule has 0 aliphatic rings. The second kappa shape index (κ2) is 6.04. The van der Waals surface area contributed by atoms with Crippen LogP contribution >= 0.6 is 0 Å². The van der Waals surface area contributed by atoms with Crippen LogP contribution in [0.15, 0.2) is 18.2 Å². The molecule has 3 nitrogen and oxygen atoms in total. The van der Waals surface area contributed by atoms with Crippen molar-refractivity contribution in [2.45, 2.75) is 19.4 Å². The molecule has 0 spiro atoms. The second-order valence-electron chi connectivity index (χ2n) is 3.25. The second-order valence-corrected chi connectivity index (χ2v) is 3.25. The Labute approximate surface area is 96.0 Å². The molecule has 1 aromatic rings. The van der Waals surface area contributed by atoms with Crippen LogP contribution in [0.4, 0.5) is 0 Å². The molecule has 1 unspecified atom stereocenters. The van der Waals surface area contributed by atoms with E-state index in [9.17, 15) is 5.11 Å². The number of hydrogen-bond acceptors (Lipinski definition) is 3. The van der Waals surface area contributed by atoms with E-state index in [0.717, 1.165) is 5.56 Å². The molecule has 86 valence electrons. The van der Waals surface area contributed by atoms with Crippen molar-refractivity contribution in [3.8, 4) is 23.3 Å². The molecule has 0 saturated heterocycles. The fourth-order valence-electron chi connectivity index (χ4n) is 1.40. The van der Waals surface area contributed by atoms with Crippen LogP contribution in [0.1, 0.15) is 25.0 Å². The van der Waals surface area contributed by atoms with E-state index in [1.807, 2.05) is 0 Å². The van der Waals surface area contributed by atoms with Gasteiger partial charge in [0, 0.05) is 18.1 Å². The van der Waals surface area contributed by atoms with Crippen molar-refractivity contribution in [3.05, 3.63) is 23.8 Å². The SMILES string of the molecule is CC#CCC(O)c1ccc(OC)cc1OC. The summed E-state index contributed by atoms with van der Waals surface area (Å²) in [5.41, 5.74) is 0.728. The molecular weight excluding hydrogens is 204 g/mol. The Morgan fingerprint density at radius 2 is 2.06 bits per heavy atom. The molecule has 0 aliphatic heterocycles. The van der Waals surface area contributed by atoms with Gasteiger partial charge in [-0.15, -0.1) is 11.8 Å². The smallest absolute Gasteiger partial charge is 0.128 e. The molecule has 1 atom stereocenters. The zero-order chi connectivity index (χ0) is 12.0. The maximum absolute atomic E-state index is 9.90. The first-order valence-corrected chi connectivity index (χ1v) is 5.02. The highest BCUT2D eigenvalue weighted by atomic mass is 16.5. The fourth-order valence-corrected chi connectivity index (χ4v) is 1.40. The molecule has 3 heteroatoms. The van der Waals surface area contributed by atoms with Crippen LogP contribution in [0.5, 0.6) is 11.5 Å². The minimum Gasteiger partial charge on any atom is -0.497 e. The summed E-state index contributed by atoms with van der Waals surface area (Å²) in [6, 6.07) is 5.33. The molecule has 0 fully saturated rings. The molecular formula is C13H16O3. The van der Waals surface area contributed by atoms with Crippen molar-refractivity contribution in [3.63, 3.8) is 0 Å². The summed E-state index contributed by atoms with van der Waals surface area (Å²) >= 11 is 0. The molecule has 0 heterocycles. The van der Waals surface area contributed by atoms with Crippen LogP contribution in [0, 0.1) is 11.8 Å². The maximum atomic E-state index is 9.90. The lowest BCUT2D eigenvalue weighted by Gasteiger charge is -2.13. The lowest BCUT2D eigenvalue weighted by atomic mass is 10.1. The highest BCUT2D eigenvalue weighted by Crippen LogP contribution is 2.30. The van der Waals surface area contributed by atoms with Gasteiger partial charge < -0.3 is 14.6 Å². The molecule has 0 amide bonds. The molecule has 0 radical (unpaired) electrons. The van der Waals surface area contributed by atoms with E-state index >= 15 is 0 Å². The van der Waals surface area contributed by atoms with Crippen molar-refractivity contribution in [1.82, 2.24) is 0 Å². The minimum absolute atomic E-state index is 0.402. The van der Waals surface area contributed by atoms with E-state index in [2.05, 4.69) is 11.8 Å². The average molecular weight is 220 g/mol. The van der Waals surface area contributed by atoms with Gasteiger partial charge in [-0.3, -0.25) is 0 Å². The fraction of sp³-hybridized carbons (Fsp3) is 0.385. The maximum Gasteiger partial charge on any atom is 0.128 e. The Bertz CT molecular complexity index is 401. The predicted octanol–water partition coefficient (Wildman–Crippen LogP) is 2.15. The van der Waals surface area contributed by atoms with E-state index in [-0.39, 0.29) is 0 Å². The van der Waals surface area contributed by atoms with E-state index in [0.29, 0.717) is 17.9 Å². The summed E-state index contributed by atoms with van der Waals surface area (Å²) in [6.07, 6.45) is -0.229. The highest BCUT2D eigenvalue weighted by Gasteiger charge is 2.12. The van der Waals surface area contributed by atoms with E-state index in [4.69, 9.17) is 9.47 Å². The van der Waals surface area contributed by atoms with Gasteiger partial charge in [-0.1, -0.05) is 0 Å². The van der Waals surface area contributed by atoms with Crippen molar-refractivity contribution in [2.24, 2.45) is 0 Å². The summed E-state index contributed by atoms with van der Waals surface area (Å²) in [7, 11) is 3.16. The van der Waals surface area contributed by atoms with E-state index in [1.54, 1.807) is 39.3 Å². The zero-order valence-corrected chi connectivity index (χ0v) is 9.78. The monoisotopic (exact) mass is 220 g/mol. The molecule has 0 aliphatic carbocycles. The molecule has 0 aromatic heterocycles. The Balaban J connectivity index is 2.97. The van der Waals surface area contributed by atoms with Crippen LogP contribution in [0.25, 0.3) is 0 Å². The van der Waals surface area contributed by atoms with Crippen molar-refractivity contribution in [2.75, 3.05) is 14.2 Å². The molecule has 1 aromatic carbocycles. The van der Waals surface area contributed by atoms with Gasteiger partial charge in [0.1, 0.15) is 11.5 Å². The number of aliphatic hydroxyl groups excluding tert-OH is 1. The van der Waals surface area contributed by atoms with Crippen molar-refractivity contribution < 1.29 is 14.6 Å². The number of rotatable bonds is 4. The first kappa shape index (κ1) is 12.4. The Morgan fingerprint density at radius 3 is 2.62 bits per heavy atom. The van der Waals surface area contributed by atoms with Gasteiger partial charge in [-0.25, -0.2) is 0 Å². The number of ether oxygens (including phenoxy) is 2. The predicted molar refractivity (Wildman–Crippen MR) is 62.6 cm³/mol. The van der Waals surface area contributed by atoms with Crippen LogP contribution < -0.4 is 9.47 Å². The third-order valence-corrected chi connectivity index (χ3v) is 2.27. The summed E-state index contributed by atoms with van der Waals surface area (Å²) in [6.45, 7) is 1.75. The normalized spacial score (nSPS) is 11.2. The molecule has 0 saturated carbocycles. The molecule has 1 rings (SSSR count). The molecule has 0 bridgehead atoms.